The van der Waals surface area contributed by atoms with Gasteiger partial charge >= 0.3 is 0 Å². The van der Waals surface area contributed by atoms with Crippen molar-refractivity contribution in [2.24, 2.45) is 0 Å². The van der Waals surface area contributed by atoms with E-state index in [1.54, 1.807) is 18.6 Å². The molecule has 0 spiro atoms. The molecule has 0 saturated heterocycles. The maximum atomic E-state index is 12.3. The number of hydrogen-bond donors (Lipinski definition) is 2. The van der Waals surface area contributed by atoms with Crippen LogP contribution >= 0.6 is 0 Å². The van der Waals surface area contributed by atoms with Gasteiger partial charge in [-0.2, -0.15) is 5.10 Å². The second-order valence-electron chi connectivity index (χ2n) is 5.67. The van der Waals surface area contributed by atoms with Gasteiger partial charge in [0.05, 0.1) is 11.8 Å². The summed E-state index contributed by atoms with van der Waals surface area (Å²) in [5.74, 6) is 1.26. The normalized spacial score (nSPS) is 14.4. The Morgan fingerprint density at radius 2 is 2.04 bits per heavy atom. The highest BCUT2D eigenvalue weighted by Gasteiger charge is 2.26. The molecule has 0 atom stereocenters. The molecule has 4 rings (SSSR count). The zero-order valence-corrected chi connectivity index (χ0v) is 13.7. The third kappa shape index (κ3) is 2.78. The molecule has 0 fully saturated rings. The van der Waals surface area contributed by atoms with Crippen molar-refractivity contribution in [3.8, 4) is 11.1 Å². The van der Waals surface area contributed by atoms with Crippen LogP contribution in [0.15, 0.2) is 61.1 Å². The Morgan fingerprint density at radius 3 is 2.84 bits per heavy atom. The fourth-order valence-electron chi connectivity index (χ4n) is 2.85. The summed E-state index contributed by atoms with van der Waals surface area (Å²) < 4.78 is 1.82. The fourth-order valence-corrected chi connectivity index (χ4v) is 2.85. The van der Waals surface area contributed by atoms with E-state index < -0.39 is 0 Å². The van der Waals surface area contributed by atoms with Gasteiger partial charge in [-0.15, -0.1) is 0 Å². The average molecular weight is 331 g/mol. The number of aryl methyl sites for hydroxylation is 1. The quantitative estimate of drug-likeness (QED) is 0.719. The second kappa shape index (κ2) is 6.24. The highest BCUT2D eigenvalue weighted by Crippen LogP contribution is 2.33. The van der Waals surface area contributed by atoms with Crippen LogP contribution in [0.4, 0.5) is 11.6 Å². The van der Waals surface area contributed by atoms with Crippen molar-refractivity contribution in [3.05, 3.63) is 66.6 Å². The third-order valence-electron chi connectivity index (χ3n) is 4.14. The number of anilines is 2. The molecule has 1 aromatic carbocycles. The Kier molecular flexibility index (Phi) is 3.78. The molecule has 1 aliphatic rings. The van der Waals surface area contributed by atoms with Crippen molar-refractivity contribution in [1.29, 1.82) is 0 Å². The predicted octanol–water partition coefficient (Wildman–Crippen LogP) is 3.37. The number of nitrogens with one attached hydrogen (secondary N) is 2. The van der Waals surface area contributed by atoms with Gasteiger partial charge in [0.25, 0.3) is 5.91 Å². The number of benzene rings is 1. The largest absolute Gasteiger partial charge is 0.346 e. The lowest BCUT2D eigenvalue weighted by Crippen LogP contribution is -2.07. The van der Waals surface area contributed by atoms with E-state index in [0.717, 1.165) is 29.1 Å². The molecule has 0 bridgehead atoms. The number of nitrogens with zero attached hydrogens (tertiary/aromatic N) is 3. The minimum Gasteiger partial charge on any atom is -0.346 e. The first-order valence-corrected chi connectivity index (χ1v) is 8.12. The molecule has 1 aliphatic heterocycles. The van der Waals surface area contributed by atoms with E-state index in [1.807, 2.05) is 54.1 Å². The van der Waals surface area contributed by atoms with E-state index >= 15 is 0 Å². The van der Waals surface area contributed by atoms with Crippen LogP contribution in [0.1, 0.15) is 12.5 Å². The molecule has 3 aromatic rings. The first-order valence-electron chi connectivity index (χ1n) is 8.12. The Labute approximate surface area is 145 Å². The summed E-state index contributed by atoms with van der Waals surface area (Å²) in [5, 5.41) is 10.2. The van der Waals surface area contributed by atoms with Crippen LogP contribution in [0.5, 0.6) is 0 Å². The maximum Gasteiger partial charge on any atom is 0.259 e. The zero-order valence-electron chi connectivity index (χ0n) is 13.7. The van der Waals surface area contributed by atoms with Crippen LogP contribution in [-0.2, 0) is 11.3 Å². The molecule has 1 amide bonds. The summed E-state index contributed by atoms with van der Waals surface area (Å²) in [6.45, 7) is 2.76. The molecule has 6 heteroatoms. The van der Waals surface area contributed by atoms with Gasteiger partial charge in [0.2, 0.25) is 0 Å². The van der Waals surface area contributed by atoms with E-state index in [4.69, 9.17) is 0 Å². The molecule has 2 N–H and O–H groups in total. The lowest BCUT2D eigenvalue weighted by atomic mass is 10.0. The van der Waals surface area contributed by atoms with E-state index in [-0.39, 0.29) is 5.91 Å². The fraction of sp³-hybridized carbons (Fsp3) is 0.105. The summed E-state index contributed by atoms with van der Waals surface area (Å²) in [6.07, 6.45) is 5.21. The van der Waals surface area contributed by atoms with Crippen molar-refractivity contribution in [2.75, 3.05) is 10.6 Å². The number of aromatic nitrogens is 3. The van der Waals surface area contributed by atoms with Crippen molar-refractivity contribution in [3.63, 3.8) is 0 Å². The summed E-state index contributed by atoms with van der Waals surface area (Å²) in [5.41, 5.74) is 3.39. The monoisotopic (exact) mass is 331 g/mol. The lowest BCUT2D eigenvalue weighted by Gasteiger charge is -2.06. The van der Waals surface area contributed by atoms with Gasteiger partial charge in [-0.1, -0.05) is 30.3 Å². The summed E-state index contributed by atoms with van der Waals surface area (Å²) in [6, 6.07) is 13.8. The Balaban J connectivity index is 1.70. The molecule has 0 unspecified atom stereocenters. The molecule has 2 aromatic heterocycles. The molecule has 0 radical (unpaired) electrons. The number of hydrogen-bond acceptors (Lipinski definition) is 4. The molecular formula is C19H17N5O. The van der Waals surface area contributed by atoms with Crippen LogP contribution in [-0.4, -0.2) is 20.7 Å². The minimum absolute atomic E-state index is 0.164. The number of pyridine rings is 1. The summed E-state index contributed by atoms with van der Waals surface area (Å²) in [4.78, 5) is 16.7. The van der Waals surface area contributed by atoms with Crippen LogP contribution in [0.25, 0.3) is 16.7 Å². The van der Waals surface area contributed by atoms with Gasteiger partial charge in [-0.3, -0.25) is 4.79 Å². The van der Waals surface area contributed by atoms with E-state index in [2.05, 4.69) is 20.7 Å². The summed E-state index contributed by atoms with van der Waals surface area (Å²) in [7, 11) is 0. The van der Waals surface area contributed by atoms with Crippen molar-refractivity contribution in [2.45, 2.75) is 13.5 Å². The average Bonchev–Trinajstić information content (AvgIpc) is 3.23. The smallest absolute Gasteiger partial charge is 0.259 e. The minimum atomic E-state index is -0.164. The molecule has 6 nitrogen and oxygen atoms in total. The Morgan fingerprint density at radius 1 is 1.20 bits per heavy atom. The van der Waals surface area contributed by atoms with E-state index in [0.29, 0.717) is 11.4 Å². The van der Waals surface area contributed by atoms with E-state index in [9.17, 15) is 4.79 Å². The SMILES string of the molecule is CCn1nccc1N/C=C1\C(=O)Nc2ncc(-c3ccccc3)cc21. The van der Waals surface area contributed by atoms with Crippen molar-refractivity contribution < 1.29 is 4.79 Å². The van der Waals surface area contributed by atoms with Crippen molar-refractivity contribution in [1.82, 2.24) is 14.8 Å². The van der Waals surface area contributed by atoms with Crippen LogP contribution in [0.3, 0.4) is 0 Å². The predicted molar refractivity (Wildman–Crippen MR) is 97.8 cm³/mol. The Bertz CT molecular complexity index is 959. The highest BCUT2D eigenvalue weighted by atomic mass is 16.2. The number of amides is 1. The van der Waals surface area contributed by atoms with Gasteiger partial charge in [-0.05, 0) is 18.6 Å². The first kappa shape index (κ1) is 15.1. The lowest BCUT2D eigenvalue weighted by molar-refractivity contribution is -0.110. The Hall–Kier alpha value is -3.41. The second-order valence-corrected chi connectivity index (χ2v) is 5.67. The van der Waals surface area contributed by atoms with Crippen LogP contribution in [0.2, 0.25) is 0 Å². The molecule has 25 heavy (non-hydrogen) atoms. The van der Waals surface area contributed by atoms with Crippen LogP contribution < -0.4 is 10.6 Å². The van der Waals surface area contributed by atoms with Gasteiger partial charge in [-0.25, -0.2) is 9.67 Å². The number of rotatable bonds is 4. The highest BCUT2D eigenvalue weighted by molar-refractivity contribution is 6.31. The topological polar surface area (TPSA) is 71.8 Å². The van der Waals surface area contributed by atoms with Gasteiger partial charge < -0.3 is 10.6 Å². The first-order chi connectivity index (χ1) is 12.3. The van der Waals surface area contributed by atoms with Gasteiger partial charge in [0.15, 0.2) is 0 Å². The van der Waals surface area contributed by atoms with Gasteiger partial charge in [0, 0.05) is 36.1 Å². The molecule has 3 heterocycles. The van der Waals surface area contributed by atoms with Gasteiger partial charge in [0.1, 0.15) is 11.6 Å². The molecule has 0 aliphatic carbocycles. The van der Waals surface area contributed by atoms with E-state index in [1.165, 1.54) is 0 Å². The number of carbonyl (C=O) groups excluding carboxylic acids is 1. The number of fused-ring (bicyclic) bond motifs is 1. The molecular weight excluding hydrogens is 314 g/mol. The molecule has 124 valence electrons. The third-order valence-corrected chi connectivity index (χ3v) is 4.14. The number of carbonyl (C=O) groups is 1. The maximum absolute atomic E-state index is 12.3. The van der Waals surface area contributed by atoms with Crippen LogP contribution in [0, 0.1) is 0 Å². The molecule has 0 saturated carbocycles. The zero-order chi connectivity index (χ0) is 17.2. The standard InChI is InChI=1S/C19H17N5O/c1-2-24-17(8-9-22-24)20-12-16-15-10-14(13-6-4-3-5-7-13)11-21-18(15)23-19(16)25/h3-12,20H,2H2,1H3,(H,21,23,25)/b16-12-. The van der Waals surface area contributed by atoms with Crippen molar-refractivity contribution >= 4 is 23.1 Å². The summed E-state index contributed by atoms with van der Waals surface area (Å²) >= 11 is 0.